The lowest BCUT2D eigenvalue weighted by atomic mass is 10.1. The highest BCUT2D eigenvalue weighted by atomic mass is 16.6. The molecule has 9 heteroatoms. The number of amidine groups is 1. The number of rotatable bonds is 2. The minimum Gasteiger partial charge on any atom is -0.394 e. The zero-order valence-corrected chi connectivity index (χ0v) is 8.85. The van der Waals surface area contributed by atoms with Gasteiger partial charge in [0.05, 0.1) is 13.2 Å². The fourth-order valence-corrected chi connectivity index (χ4v) is 1.74. The lowest BCUT2D eigenvalue weighted by Crippen LogP contribution is -2.58. The number of hydrogen-bond donors (Lipinski definition) is 5. The number of carbonyl (C=O) groups excluding carboxylic acids is 1. The molecule has 2 heterocycles. The van der Waals surface area contributed by atoms with Crippen molar-refractivity contribution < 1.29 is 24.9 Å². The number of nitrogens with zero attached hydrogens (tertiary/aromatic N) is 2. The predicted octanol–water partition coefficient (Wildman–Crippen LogP) is -3.28. The van der Waals surface area contributed by atoms with Gasteiger partial charge >= 0.3 is 6.03 Å². The molecule has 1 fully saturated rings. The second-order valence-corrected chi connectivity index (χ2v) is 3.82. The molecule has 0 aliphatic carbocycles. The molecule has 0 spiro atoms. The summed E-state index contributed by atoms with van der Waals surface area (Å²) in [6.45, 7) is -0.319. The average Bonchev–Trinajstić information content (AvgIpc) is 2.57. The lowest BCUT2D eigenvalue weighted by molar-refractivity contribution is -0.0937. The predicted molar refractivity (Wildman–Crippen MR) is 54.6 cm³/mol. The van der Waals surface area contributed by atoms with E-state index in [9.17, 15) is 15.0 Å². The van der Waals surface area contributed by atoms with Gasteiger partial charge in [-0.15, -0.1) is 0 Å². The number of nitrogens with two attached hydrogens (primary N) is 1. The third-order valence-electron chi connectivity index (χ3n) is 2.65. The Morgan fingerprint density at radius 1 is 1.53 bits per heavy atom. The van der Waals surface area contributed by atoms with E-state index in [0.717, 1.165) is 5.01 Å². The first-order valence-electron chi connectivity index (χ1n) is 5.06. The molecular formula is C8H14N4O5. The Labute approximate surface area is 96.5 Å². The molecular weight excluding hydrogens is 232 g/mol. The van der Waals surface area contributed by atoms with Crippen LogP contribution < -0.4 is 11.2 Å². The van der Waals surface area contributed by atoms with E-state index in [-0.39, 0.29) is 12.4 Å². The molecule has 2 rings (SSSR count). The van der Waals surface area contributed by atoms with Gasteiger partial charge in [-0.25, -0.2) is 15.2 Å². The van der Waals surface area contributed by atoms with E-state index >= 15 is 0 Å². The summed E-state index contributed by atoms with van der Waals surface area (Å²) in [5.74, 6) is 0.123. The van der Waals surface area contributed by atoms with Gasteiger partial charge in [0.1, 0.15) is 24.1 Å². The monoisotopic (exact) mass is 246 g/mol. The van der Waals surface area contributed by atoms with Crippen LogP contribution in [0, 0.1) is 0 Å². The van der Waals surface area contributed by atoms with Crippen molar-refractivity contribution in [2.45, 2.75) is 24.5 Å². The first kappa shape index (κ1) is 12.2. The van der Waals surface area contributed by atoms with Crippen molar-refractivity contribution in [2.24, 2.45) is 10.7 Å². The van der Waals surface area contributed by atoms with Crippen molar-refractivity contribution in [1.29, 1.82) is 0 Å². The van der Waals surface area contributed by atoms with Crippen molar-refractivity contribution in [2.75, 3.05) is 13.2 Å². The van der Waals surface area contributed by atoms with E-state index < -0.39 is 37.2 Å². The molecule has 0 bridgehead atoms. The van der Waals surface area contributed by atoms with Crippen molar-refractivity contribution in [3.05, 3.63) is 0 Å². The lowest BCUT2D eigenvalue weighted by Gasteiger charge is -2.31. The molecule has 17 heavy (non-hydrogen) atoms. The third kappa shape index (κ3) is 2.10. The minimum absolute atomic E-state index is 0.123. The van der Waals surface area contributed by atoms with Crippen LogP contribution in [-0.2, 0) is 4.74 Å². The fraction of sp³-hybridized carbons (Fsp3) is 0.750. The summed E-state index contributed by atoms with van der Waals surface area (Å²) < 4.78 is 5.16. The van der Waals surface area contributed by atoms with Crippen LogP contribution in [0.2, 0.25) is 0 Å². The first-order valence-corrected chi connectivity index (χ1v) is 5.06. The number of aliphatic imine (C=N–C) groups is 1. The number of aliphatic hydroxyl groups is 3. The largest absolute Gasteiger partial charge is 0.394 e. The zero-order valence-electron chi connectivity index (χ0n) is 8.85. The van der Waals surface area contributed by atoms with Crippen molar-refractivity contribution >= 4 is 11.9 Å². The summed E-state index contributed by atoms with van der Waals surface area (Å²) >= 11 is 0. The van der Waals surface area contributed by atoms with Gasteiger partial charge in [-0.1, -0.05) is 0 Å². The van der Waals surface area contributed by atoms with Crippen molar-refractivity contribution in [3.8, 4) is 0 Å². The van der Waals surface area contributed by atoms with Crippen LogP contribution in [0.1, 0.15) is 0 Å². The SMILES string of the molecule is NC1=NC(=O)N([C@@H]2O[C@H](CO)C(O)C2O)NC1. The quantitative estimate of drug-likeness (QED) is 0.344. The van der Waals surface area contributed by atoms with Gasteiger partial charge in [-0.05, 0) is 0 Å². The summed E-state index contributed by atoms with van der Waals surface area (Å²) in [7, 11) is 0. The molecule has 0 radical (unpaired) electrons. The molecule has 2 amide bonds. The smallest absolute Gasteiger partial charge is 0.362 e. The Kier molecular flexibility index (Phi) is 3.26. The van der Waals surface area contributed by atoms with E-state index in [1.54, 1.807) is 0 Å². The number of hydrogen-bond acceptors (Lipinski definition) is 7. The van der Waals surface area contributed by atoms with Crippen molar-refractivity contribution in [1.82, 2.24) is 10.4 Å². The highest BCUT2D eigenvalue weighted by Gasteiger charge is 2.47. The number of carbonyl (C=O) groups is 1. The summed E-state index contributed by atoms with van der Waals surface area (Å²) in [6, 6.07) is -0.719. The molecule has 4 atom stereocenters. The zero-order chi connectivity index (χ0) is 12.6. The molecule has 1 saturated heterocycles. The molecule has 2 aliphatic heterocycles. The summed E-state index contributed by atoms with van der Waals surface area (Å²) in [6.07, 6.45) is -4.62. The molecule has 9 nitrogen and oxygen atoms in total. The van der Waals surface area contributed by atoms with E-state index in [2.05, 4.69) is 10.4 Å². The molecule has 0 saturated carbocycles. The van der Waals surface area contributed by atoms with E-state index in [4.69, 9.17) is 15.6 Å². The Bertz CT molecular complexity index is 349. The topological polar surface area (TPSA) is 141 Å². The maximum atomic E-state index is 11.5. The van der Waals surface area contributed by atoms with Crippen LogP contribution in [0.4, 0.5) is 4.79 Å². The van der Waals surface area contributed by atoms with Gasteiger partial charge in [-0.2, -0.15) is 4.99 Å². The van der Waals surface area contributed by atoms with Crippen LogP contribution >= 0.6 is 0 Å². The molecule has 0 aromatic carbocycles. The molecule has 2 aliphatic rings. The fourth-order valence-electron chi connectivity index (χ4n) is 1.74. The van der Waals surface area contributed by atoms with Crippen LogP contribution in [-0.4, -0.2) is 69.9 Å². The number of hydrazine groups is 1. The van der Waals surface area contributed by atoms with Crippen LogP contribution in [0.3, 0.4) is 0 Å². The Balaban J connectivity index is 2.11. The van der Waals surface area contributed by atoms with Crippen LogP contribution in [0.15, 0.2) is 4.99 Å². The molecule has 0 aromatic heterocycles. The Morgan fingerprint density at radius 2 is 2.24 bits per heavy atom. The van der Waals surface area contributed by atoms with Gasteiger partial charge in [-0.3, -0.25) is 0 Å². The summed E-state index contributed by atoms with van der Waals surface area (Å²) in [5.41, 5.74) is 7.96. The molecule has 2 unspecified atom stereocenters. The van der Waals surface area contributed by atoms with Gasteiger partial charge in [0.15, 0.2) is 6.23 Å². The normalized spacial score (nSPS) is 38.4. The number of urea groups is 1. The molecule has 6 N–H and O–H groups in total. The van der Waals surface area contributed by atoms with Gasteiger partial charge in [0.25, 0.3) is 0 Å². The van der Waals surface area contributed by atoms with E-state index in [1.807, 2.05) is 0 Å². The van der Waals surface area contributed by atoms with Crippen molar-refractivity contribution in [3.63, 3.8) is 0 Å². The minimum atomic E-state index is -1.32. The maximum Gasteiger partial charge on any atom is 0.362 e. The number of aliphatic hydroxyl groups excluding tert-OH is 3. The highest BCUT2D eigenvalue weighted by molar-refractivity contribution is 5.95. The third-order valence-corrected chi connectivity index (χ3v) is 2.65. The van der Waals surface area contributed by atoms with E-state index in [0.29, 0.717) is 0 Å². The Hall–Kier alpha value is -1.26. The second kappa shape index (κ2) is 4.55. The summed E-state index contributed by atoms with van der Waals surface area (Å²) in [5, 5.41) is 29.1. The summed E-state index contributed by atoms with van der Waals surface area (Å²) in [4.78, 5) is 15.0. The average molecular weight is 246 g/mol. The highest BCUT2D eigenvalue weighted by Crippen LogP contribution is 2.23. The second-order valence-electron chi connectivity index (χ2n) is 3.82. The van der Waals surface area contributed by atoms with Crippen LogP contribution in [0.25, 0.3) is 0 Å². The van der Waals surface area contributed by atoms with Crippen LogP contribution in [0.5, 0.6) is 0 Å². The van der Waals surface area contributed by atoms with Gasteiger partial charge in [0.2, 0.25) is 0 Å². The number of ether oxygens (including phenoxy) is 1. The van der Waals surface area contributed by atoms with E-state index in [1.165, 1.54) is 0 Å². The maximum absolute atomic E-state index is 11.5. The Morgan fingerprint density at radius 3 is 2.76 bits per heavy atom. The molecule has 96 valence electrons. The standard InChI is InChI=1S/C8H14N4O5/c9-4-1-10-12(8(16)11-4)7-6(15)5(14)3(2-13)17-7/h3,5-7,10,13-15H,1-2H2,(H2,9,11,16)/t3-,5?,6?,7-/m1/s1. The number of amides is 2. The number of nitrogens with one attached hydrogen (secondary N) is 1. The van der Waals surface area contributed by atoms with Gasteiger partial charge in [0, 0.05) is 0 Å². The van der Waals surface area contributed by atoms with Gasteiger partial charge < -0.3 is 25.8 Å². The molecule has 0 aromatic rings. The first-order chi connectivity index (χ1) is 8.04.